The van der Waals surface area contributed by atoms with Crippen LogP contribution in [0.4, 0.5) is 0 Å². The van der Waals surface area contributed by atoms with Crippen LogP contribution in [-0.2, 0) is 4.74 Å². The van der Waals surface area contributed by atoms with Crippen LogP contribution in [-0.4, -0.2) is 27.0 Å². The van der Waals surface area contributed by atoms with Crippen LogP contribution in [0.25, 0.3) is 0 Å². The van der Waals surface area contributed by atoms with E-state index in [-0.39, 0.29) is 5.60 Å². The first-order valence-corrected chi connectivity index (χ1v) is 5.86. The van der Waals surface area contributed by atoms with Crippen molar-refractivity contribution >= 4 is 0 Å². The molecule has 1 aliphatic heterocycles. The van der Waals surface area contributed by atoms with Crippen molar-refractivity contribution < 1.29 is 4.74 Å². The molecule has 1 unspecified atom stereocenters. The summed E-state index contributed by atoms with van der Waals surface area (Å²) >= 11 is 0. The third-order valence-electron chi connectivity index (χ3n) is 3.79. The van der Waals surface area contributed by atoms with Gasteiger partial charge in [0.1, 0.15) is 12.7 Å². The van der Waals surface area contributed by atoms with Crippen molar-refractivity contribution in [2.24, 2.45) is 0 Å². The Labute approximate surface area is 89.6 Å². The van der Waals surface area contributed by atoms with Crippen molar-refractivity contribution in [3.05, 3.63) is 12.7 Å². The van der Waals surface area contributed by atoms with E-state index >= 15 is 0 Å². The number of hydrogen-bond donors (Lipinski definition) is 0. The van der Waals surface area contributed by atoms with Gasteiger partial charge in [-0.25, -0.2) is 9.67 Å². The van der Waals surface area contributed by atoms with Crippen LogP contribution in [0, 0.1) is 0 Å². The van der Waals surface area contributed by atoms with Crippen molar-refractivity contribution in [3.63, 3.8) is 0 Å². The van der Waals surface area contributed by atoms with Crippen LogP contribution in [0.1, 0.15) is 44.6 Å². The number of aromatic nitrogens is 3. The normalized spacial score (nSPS) is 29.7. The summed E-state index contributed by atoms with van der Waals surface area (Å²) in [6.07, 6.45) is 10.8. The summed E-state index contributed by atoms with van der Waals surface area (Å²) < 4.78 is 8.00. The minimum absolute atomic E-state index is 0.175. The lowest BCUT2D eigenvalue weighted by Crippen LogP contribution is -2.38. The maximum absolute atomic E-state index is 5.99. The molecular weight excluding hydrogens is 190 g/mol. The maximum atomic E-state index is 5.99. The minimum atomic E-state index is 0.175. The van der Waals surface area contributed by atoms with E-state index in [1.54, 1.807) is 6.33 Å². The van der Waals surface area contributed by atoms with Gasteiger partial charge >= 0.3 is 0 Å². The topological polar surface area (TPSA) is 39.9 Å². The Morgan fingerprint density at radius 3 is 2.93 bits per heavy atom. The van der Waals surface area contributed by atoms with Gasteiger partial charge < -0.3 is 4.74 Å². The predicted octanol–water partition coefficient (Wildman–Crippen LogP) is 1.94. The molecule has 2 heterocycles. The molecule has 0 bridgehead atoms. The van der Waals surface area contributed by atoms with Gasteiger partial charge in [-0.3, -0.25) is 0 Å². The quantitative estimate of drug-likeness (QED) is 0.706. The summed E-state index contributed by atoms with van der Waals surface area (Å²) in [4.78, 5) is 4.02. The molecule has 0 aromatic carbocycles. The molecule has 1 saturated carbocycles. The first kappa shape index (κ1) is 9.33. The van der Waals surface area contributed by atoms with Crippen molar-refractivity contribution in [1.29, 1.82) is 0 Å². The van der Waals surface area contributed by atoms with E-state index in [4.69, 9.17) is 4.74 Å². The van der Waals surface area contributed by atoms with Crippen LogP contribution >= 0.6 is 0 Å². The average molecular weight is 207 g/mol. The van der Waals surface area contributed by atoms with Crippen LogP contribution in [0.3, 0.4) is 0 Å². The van der Waals surface area contributed by atoms with E-state index in [0.29, 0.717) is 6.04 Å². The Hall–Kier alpha value is -0.900. The second-order valence-corrected chi connectivity index (χ2v) is 4.76. The highest BCUT2D eigenvalue weighted by atomic mass is 16.5. The third kappa shape index (κ3) is 1.67. The first-order valence-electron chi connectivity index (χ1n) is 5.86. The zero-order valence-corrected chi connectivity index (χ0v) is 8.93. The smallest absolute Gasteiger partial charge is 0.137 e. The zero-order valence-electron chi connectivity index (χ0n) is 8.93. The summed E-state index contributed by atoms with van der Waals surface area (Å²) in [6.45, 7) is 0.879. The van der Waals surface area contributed by atoms with Gasteiger partial charge in [-0.15, -0.1) is 0 Å². The SMILES string of the molecule is c1ncn(C2CCOC3(CCCC3)C2)n1. The van der Waals surface area contributed by atoms with Crippen molar-refractivity contribution in [3.8, 4) is 0 Å². The second kappa shape index (κ2) is 3.59. The van der Waals surface area contributed by atoms with Crippen LogP contribution in [0.15, 0.2) is 12.7 Å². The Bertz CT molecular complexity index is 317. The van der Waals surface area contributed by atoms with Gasteiger partial charge in [0.05, 0.1) is 11.6 Å². The molecule has 1 spiro atoms. The fourth-order valence-electron chi connectivity index (χ4n) is 3.00. The number of hydrogen-bond acceptors (Lipinski definition) is 3. The molecule has 1 aromatic rings. The van der Waals surface area contributed by atoms with Crippen LogP contribution in [0.2, 0.25) is 0 Å². The summed E-state index contributed by atoms with van der Waals surface area (Å²) in [5.74, 6) is 0. The molecule has 3 rings (SSSR count). The molecule has 4 heteroatoms. The molecule has 82 valence electrons. The van der Waals surface area contributed by atoms with Crippen LogP contribution < -0.4 is 0 Å². The fourth-order valence-corrected chi connectivity index (χ4v) is 3.00. The molecule has 0 N–H and O–H groups in total. The predicted molar refractivity (Wildman–Crippen MR) is 55.4 cm³/mol. The summed E-state index contributed by atoms with van der Waals surface area (Å²) in [7, 11) is 0. The summed E-state index contributed by atoms with van der Waals surface area (Å²) in [6, 6.07) is 0.499. The Kier molecular flexibility index (Phi) is 2.24. The lowest BCUT2D eigenvalue weighted by molar-refractivity contribution is -0.0910. The van der Waals surface area contributed by atoms with E-state index in [2.05, 4.69) is 10.1 Å². The van der Waals surface area contributed by atoms with Gasteiger partial charge in [0.25, 0.3) is 0 Å². The number of ether oxygens (including phenoxy) is 1. The van der Waals surface area contributed by atoms with Crippen molar-refractivity contribution in [1.82, 2.24) is 14.8 Å². The highest BCUT2D eigenvalue weighted by Gasteiger charge is 2.40. The van der Waals surface area contributed by atoms with Crippen molar-refractivity contribution in [2.45, 2.75) is 50.2 Å². The Morgan fingerprint density at radius 1 is 1.33 bits per heavy atom. The average Bonchev–Trinajstić information content (AvgIpc) is 2.89. The van der Waals surface area contributed by atoms with E-state index in [9.17, 15) is 0 Å². The number of rotatable bonds is 1. The standard InChI is InChI=1S/C11H17N3O/c1-2-5-11(4-1)7-10(3-6-15-11)14-9-12-8-13-14/h8-10H,1-7H2. The molecule has 15 heavy (non-hydrogen) atoms. The molecule has 1 aliphatic carbocycles. The van der Waals surface area contributed by atoms with Gasteiger partial charge in [0, 0.05) is 6.61 Å². The fraction of sp³-hybridized carbons (Fsp3) is 0.818. The summed E-state index contributed by atoms with van der Waals surface area (Å²) in [5, 5.41) is 4.24. The zero-order chi connectivity index (χ0) is 10.1. The van der Waals surface area contributed by atoms with Gasteiger partial charge in [0.2, 0.25) is 0 Å². The lowest BCUT2D eigenvalue weighted by atomic mass is 9.89. The molecule has 1 atom stereocenters. The molecule has 1 saturated heterocycles. The highest BCUT2D eigenvalue weighted by Crippen LogP contribution is 2.43. The number of nitrogens with zero attached hydrogens (tertiary/aromatic N) is 3. The molecule has 1 aromatic heterocycles. The van der Waals surface area contributed by atoms with Crippen LogP contribution in [0.5, 0.6) is 0 Å². The monoisotopic (exact) mass is 207 g/mol. The molecule has 2 aliphatic rings. The second-order valence-electron chi connectivity index (χ2n) is 4.76. The van der Waals surface area contributed by atoms with E-state index < -0.39 is 0 Å². The molecule has 2 fully saturated rings. The molecule has 0 amide bonds. The first-order chi connectivity index (χ1) is 7.38. The largest absolute Gasteiger partial charge is 0.375 e. The Balaban J connectivity index is 1.76. The van der Waals surface area contributed by atoms with Gasteiger partial charge in [-0.05, 0) is 25.7 Å². The van der Waals surface area contributed by atoms with E-state index in [1.165, 1.54) is 25.7 Å². The summed E-state index contributed by atoms with van der Waals surface area (Å²) in [5.41, 5.74) is 0.175. The Morgan fingerprint density at radius 2 is 2.20 bits per heavy atom. The highest BCUT2D eigenvalue weighted by molar-refractivity contribution is 4.92. The minimum Gasteiger partial charge on any atom is -0.375 e. The lowest BCUT2D eigenvalue weighted by Gasteiger charge is -2.38. The van der Waals surface area contributed by atoms with E-state index in [1.807, 2.05) is 11.0 Å². The molecular formula is C11H17N3O. The molecule has 4 nitrogen and oxygen atoms in total. The molecule has 0 radical (unpaired) electrons. The van der Waals surface area contributed by atoms with Gasteiger partial charge in [-0.2, -0.15) is 5.10 Å². The van der Waals surface area contributed by atoms with E-state index in [0.717, 1.165) is 19.4 Å². The van der Waals surface area contributed by atoms with Gasteiger partial charge in [0.15, 0.2) is 0 Å². The third-order valence-corrected chi connectivity index (χ3v) is 3.79. The maximum Gasteiger partial charge on any atom is 0.137 e. The van der Waals surface area contributed by atoms with Crippen molar-refractivity contribution in [2.75, 3.05) is 6.61 Å². The van der Waals surface area contributed by atoms with Gasteiger partial charge in [-0.1, -0.05) is 12.8 Å².